The SMILES string of the molecule is COc1cccc(NC(=O)C(Cc2ccccc2)N2C(=O)C3CCC(C)(C2=O)C3(C)C)c1. The lowest BCUT2D eigenvalue weighted by molar-refractivity contribution is -0.172. The molecule has 4 rings (SSSR count). The molecule has 0 spiro atoms. The fraction of sp³-hybridized carbons (Fsp3) is 0.423. The number of hydrogen-bond acceptors (Lipinski definition) is 4. The summed E-state index contributed by atoms with van der Waals surface area (Å²) in [6.07, 6.45) is 1.58. The second-order valence-corrected chi connectivity index (χ2v) is 9.59. The molecule has 2 aromatic carbocycles. The molecule has 1 saturated heterocycles. The normalized spacial score (nSPS) is 24.9. The van der Waals surface area contributed by atoms with Crippen molar-refractivity contribution in [3.63, 3.8) is 0 Å². The summed E-state index contributed by atoms with van der Waals surface area (Å²) in [5.74, 6) is -0.529. The van der Waals surface area contributed by atoms with Crippen molar-refractivity contribution in [2.24, 2.45) is 16.7 Å². The molecule has 6 heteroatoms. The number of rotatable bonds is 6. The van der Waals surface area contributed by atoms with Gasteiger partial charge in [-0.05, 0) is 36.0 Å². The van der Waals surface area contributed by atoms with Crippen molar-refractivity contribution in [3.05, 3.63) is 60.2 Å². The number of carbonyl (C=O) groups excluding carboxylic acids is 3. The van der Waals surface area contributed by atoms with Gasteiger partial charge in [-0.1, -0.05) is 57.2 Å². The lowest BCUT2D eigenvalue weighted by Crippen LogP contribution is -2.64. The van der Waals surface area contributed by atoms with E-state index in [1.165, 1.54) is 4.90 Å². The second kappa shape index (κ2) is 8.08. The van der Waals surface area contributed by atoms with Crippen molar-refractivity contribution in [2.45, 2.75) is 46.1 Å². The highest BCUT2D eigenvalue weighted by atomic mass is 16.5. The standard InChI is InChI=1S/C26H30N2O4/c1-25(2)20-13-14-26(25,3)24(31)28(23(20)30)21(15-17-9-6-5-7-10-17)22(29)27-18-11-8-12-19(16-18)32-4/h5-12,16,20-21H,13-15H2,1-4H3,(H,27,29). The molecule has 1 saturated carbocycles. The van der Waals surface area contributed by atoms with Crippen LogP contribution >= 0.6 is 0 Å². The Morgan fingerprint density at radius 3 is 2.53 bits per heavy atom. The first-order valence-corrected chi connectivity index (χ1v) is 11.1. The van der Waals surface area contributed by atoms with E-state index < -0.39 is 16.9 Å². The van der Waals surface area contributed by atoms with Gasteiger partial charge in [0.1, 0.15) is 11.8 Å². The molecule has 2 aliphatic rings. The van der Waals surface area contributed by atoms with Crippen molar-refractivity contribution < 1.29 is 19.1 Å². The van der Waals surface area contributed by atoms with E-state index >= 15 is 0 Å². The van der Waals surface area contributed by atoms with E-state index in [-0.39, 0.29) is 30.1 Å². The summed E-state index contributed by atoms with van der Waals surface area (Å²) >= 11 is 0. The van der Waals surface area contributed by atoms with E-state index in [0.29, 0.717) is 24.3 Å². The maximum atomic E-state index is 13.7. The van der Waals surface area contributed by atoms with Crippen LogP contribution in [0.3, 0.4) is 0 Å². The number of carbonyl (C=O) groups is 3. The molecular weight excluding hydrogens is 404 g/mol. The van der Waals surface area contributed by atoms with Gasteiger partial charge in [-0.2, -0.15) is 0 Å². The Bertz CT molecular complexity index is 1050. The van der Waals surface area contributed by atoms with Crippen molar-refractivity contribution in [2.75, 3.05) is 12.4 Å². The Morgan fingerprint density at radius 2 is 1.84 bits per heavy atom. The van der Waals surface area contributed by atoms with E-state index in [1.54, 1.807) is 31.4 Å². The number of anilines is 1. The molecule has 1 aliphatic heterocycles. The molecule has 32 heavy (non-hydrogen) atoms. The average Bonchev–Trinajstić information content (AvgIpc) is 2.96. The van der Waals surface area contributed by atoms with E-state index in [0.717, 1.165) is 5.56 Å². The smallest absolute Gasteiger partial charge is 0.248 e. The molecule has 1 aliphatic carbocycles. The molecule has 6 nitrogen and oxygen atoms in total. The fourth-order valence-corrected chi connectivity index (χ4v) is 5.21. The molecule has 3 unspecified atom stereocenters. The van der Waals surface area contributed by atoms with Crippen LogP contribution in [-0.4, -0.2) is 35.8 Å². The van der Waals surface area contributed by atoms with Crippen molar-refractivity contribution in [3.8, 4) is 5.75 Å². The summed E-state index contributed by atoms with van der Waals surface area (Å²) in [5.41, 5.74) is 0.342. The van der Waals surface area contributed by atoms with Gasteiger partial charge in [-0.15, -0.1) is 0 Å². The second-order valence-electron chi connectivity index (χ2n) is 9.59. The summed E-state index contributed by atoms with van der Waals surface area (Å²) in [5, 5.41) is 2.89. The van der Waals surface area contributed by atoms with Gasteiger partial charge in [0.2, 0.25) is 17.7 Å². The molecule has 2 aromatic rings. The molecule has 1 heterocycles. The number of nitrogens with zero attached hydrogens (tertiary/aromatic N) is 1. The van der Waals surface area contributed by atoms with E-state index in [4.69, 9.17) is 4.74 Å². The van der Waals surface area contributed by atoms with Crippen LogP contribution in [0.15, 0.2) is 54.6 Å². The number of benzene rings is 2. The lowest BCUT2D eigenvalue weighted by Gasteiger charge is -2.49. The molecule has 168 valence electrons. The number of methoxy groups -OCH3 is 1. The van der Waals surface area contributed by atoms with Crippen LogP contribution in [0.4, 0.5) is 5.69 Å². The molecule has 0 aromatic heterocycles. The van der Waals surface area contributed by atoms with Crippen LogP contribution in [0.5, 0.6) is 5.75 Å². The van der Waals surface area contributed by atoms with Gasteiger partial charge in [-0.3, -0.25) is 19.3 Å². The largest absolute Gasteiger partial charge is 0.497 e. The van der Waals surface area contributed by atoms with Gasteiger partial charge in [0.25, 0.3) is 0 Å². The highest BCUT2D eigenvalue weighted by Crippen LogP contribution is 2.60. The number of hydrogen-bond donors (Lipinski definition) is 1. The number of amides is 3. The van der Waals surface area contributed by atoms with Gasteiger partial charge in [0.15, 0.2) is 0 Å². The van der Waals surface area contributed by atoms with Crippen LogP contribution in [-0.2, 0) is 20.8 Å². The third kappa shape index (κ3) is 3.48. The minimum Gasteiger partial charge on any atom is -0.497 e. The maximum Gasteiger partial charge on any atom is 0.248 e. The highest BCUT2D eigenvalue weighted by Gasteiger charge is 2.65. The summed E-state index contributed by atoms with van der Waals surface area (Å²) in [4.78, 5) is 42.0. The van der Waals surface area contributed by atoms with Crippen molar-refractivity contribution in [1.29, 1.82) is 0 Å². The van der Waals surface area contributed by atoms with E-state index in [9.17, 15) is 14.4 Å². The molecule has 2 bridgehead atoms. The van der Waals surface area contributed by atoms with Crippen molar-refractivity contribution >= 4 is 23.4 Å². The zero-order valence-electron chi connectivity index (χ0n) is 19.1. The zero-order valence-corrected chi connectivity index (χ0v) is 19.1. The molecule has 1 N–H and O–H groups in total. The number of fused-ring (bicyclic) bond motifs is 2. The molecule has 2 fully saturated rings. The number of piperidine rings is 1. The first-order chi connectivity index (χ1) is 15.2. The summed E-state index contributed by atoms with van der Waals surface area (Å²) in [6, 6.07) is 15.6. The van der Waals surface area contributed by atoms with Crippen LogP contribution in [0.25, 0.3) is 0 Å². The number of nitrogens with one attached hydrogen (secondary N) is 1. The Labute approximate surface area is 188 Å². The summed E-state index contributed by atoms with van der Waals surface area (Å²) in [7, 11) is 1.56. The third-order valence-electron chi connectivity index (χ3n) is 7.68. The third-order valence-corrected chi connectivity index (χ3v) is 7.68. The van der Waals surface area contributed by atoms with Gasteiger partial charge >= 0.3 is 0 Å². The molecule has 3 amide bonds. The van der Waals surface area contributed by atoms with Gasteiger partial charge < -0.3 is 10.1 Å². The quantitative estimate of drug-likeness (QED) is 0.696. The molecule has 0 radical (unpaired) electrons. The first kappa shape index (κ1) is 22.1. The Hall–Kier alpha value is -3.15. The highest BCUT2D eigenvalue weighted by molar-refractivity contribution is 6.09. The van der Waals surface area contributed by atoms with Gasteiger partial charge in [0, 0.05) is 24.1 Å². The summed E-state index contributed by atoms with van der Waals surface area (Å²) in [6.45, 7) is 5.94. The maximum absolute atomic E-state index is 13.7. The zero-order chi connectivity index (χ0) is 23.1. The Kier molecular flexibility index (Phi) is 5.57. The monoisotopic (exact) mass is 434 g/mol. The number of likely N-dealkylation sites (tertiary alicyclic amines) is 1. The number of ether oxygens (including phenoxy) is 1. The van der Waals surface area contributed by atoms with E-state index in [2.05, 4.69) is 5.32 Å². The van der Waals surface area contributed by atoms with Crippen LogP contribution in [0.1, 0.15) is 39.2 Å². The fourth-order valence-electron chi connectivity index (χ4n) is 5.21. The van der Waals surface area contributed by atoms with Crippen LogP contribution in [0.2, 0.25) is 0 Å². The Balaban J connectivity index is 1.70. The van der Waals surface area contributed by atoms with Crippen molar-refractivity contribution in [1.82, 2.24) is 4.90 Å². The number of imide groups is 1. The summed E-state index contributed by atoms with van der Waals surface area (Å²) < 4.78 is 5.25. The first-order valence-electron chi connectivity index (χ1n) is 11.1. The van der Waals surface area contributed by atoms with E-state index in [1.807, 2.05) is 51.1 Å². The predicted molar refractivity (Wildman–Crippen MR) is 122 cm³/mol. The average molecular weight is 435 g/mol. The molecule has 3 atom stereocenters. The Morgan fingerprint density at radius 1 is 1.12 bits per heavy atom. The van der Waals surface area contributed by atoms with Crippen LogP contribution in [0, 0.1) is 16.7 Å². The minimum atomic E-state index is -0.931. The topological polar surface area (TPSA) is 75.7 Å². The minimum absolute atomic E-state index is 0.239. The molecular formula is C26H30N2O4. The van der Waals surface area contributed by atoms with Gasteiger partial charge in [-0.25, -0.2) is 0 Å². The predicted octanol–water partition coefficient (Wildman–Crippen LogP) is 4.06. The van der Waals surface area contributed by atoms with Crippen LogP contribution < -0.4 is 10.1 Å². The van der Waals surface area contributed by atoms with Gasteiger partial charge in [0.05, 0.1) is 12.5 Å². The lowest BCUT2D eigenvalue weighted by atomic mass is 9.62.